The zero-order valence-electron chi connectivity index (χ0n) is 9.56. The summed E-state index contributed by atoms with van der Waals surface area (Å²) in [5.74, 6) is 0.718. The number of amides is 2. The molecule has 1 aromatic rings. The Morgan fingerprint density at radius 2 is 1.88 bits per heavy atom. The fourth-order valence-corrected chi connectivity index (χ4v) is 1.63. The molecular weight excluding hydrogens is 224 g/mol. The van der Waals surface area contributed by atoms with Crippen LogP contribution in [-0.2, 0) is 27.4 Å². The molecule has 0 saturated carbocycles. The standard InChI is InChI=1S/C11H14N2O4/c1-12-4-8-2-3-9(17-8)5-13-10(14)6-16-7-11(13)15/h2-3,12H,4-7H2,1H3. The molecule has 0 atom stereocenters. The molecule has 0 unspecified atom stereocenters. The first-order valence-electron chi connectivity index (χ1n) is 5.34. The van der Waals surface area contributed by atoms with E-state index in [-0.39, 0.29) is 31.6 Å². The number of furan rings is 1. The molecule has 17 heavy (non-hydrogen) atoms. The summed E-state index contributed by atoms with van der Waals surface area (Å²) < 4.78 is 10.3. The molecule has 1 aliphatic rings. The van der Waals surface area contributed by atoms with Crippen LogP contribution in [0.3, 0.4) is 0 Å². The summed E-state index contributed by atoms with van der Waals surface area (Å²) in [5, 5.41) is 2.96. The minimum atomic E-state index is -0.326. The van der Waals surface area contributed by atoms with E-state index in [2.05, 4.69) is 5.32 Å². The highest BCUT2D eigenvalue weighted by atomic mass is 16.5. The number of hydrogen-bond acceptors (Lipinski definition) is 5. The van der Waals surface area contributed by atoms with Crippen molar-refractivity contribution in [3.8, 4) is 0 Å². The van der Waals surface area contributed by atoms with Gasteiger partial charge in [0.15, 0.2) is 0 Å². The molecule has 6 nitrogen and oxygen atoms in total. The molecular formula is C11H14N2O4. The maximum Gasteiger partial charge on any atom is 0.255 e. The average Bonchev–Trinajstić information content (AvgIpc) is 2.72. The van der Waals surface area contributed by atoms with Crippen molar-refractivity contribution >= 4 is 11.8 Å². The second kappa shape index (κ2) is 5.11. The van der Waals surface area contributed by atoms with Crippen molar-refractivity contribution in [3.63, 3.8) is 0 Å². The predicted molar refractivity (Wildman–Crippen MR) is 57.8 cm³/mol. The van der Waals surface area contributed by atoms with Crippen LogP contribution in [-0.4, -0.2) is 37.0 Å². The number of carbonyl (C=O) groups excluding carboxylic acids is 2. The maximum absolute atomic E-state index is 11.5. The van der Waals surface area contributed by atoms with Gasteiger partial charge in [0.05, 0.1) is 13.1 Å². The minimum absolute atomic E-state index is 0.0458. The van der Waals surface area contributed by atoms with Gasteiger partial charge in [0, 0.05) is 0 Å². The van der Waals surface area contributed by atoms with Gasteiger partial charge in [0.2, 0.25) is 0 Å². The van der Waals surface area contributed by atoms with E-state index in [1.54, 1.807) is 6.07 Å². The third-order valence-electron chi connectivity index (χ3n) is 2.44. The molecule has 2 amide bonds. The lowest BCUT2D eigenvalue weighted by atomic mass is 10.3. The average molecular weight is 238 g/mol. The molecule has 1 fully saturated rings. The van der Waals surface area contributed by atoms with Gasteiger partial charge < -0.3 is 14.5 Å². The number of hydrogen-bond donors (Lipinski definition) is 1. The van der Waals surface area contributed by atoms with Crippen LogP contribution >= 0.6 is 0 Å². The number of morpholine rings is 1. The highest BCUT2D eigenvalue weighted by Gasteiger charge is 2.27. The van der Waals surface area contributed by atoms with Crippen LogP contribution < -0.4 is 5.32 Å². The van der Waals surface area contributed by atoms with Gasteiger partial charge in [-0.05, 0) is 19.2 Å². The highest BCUT2D eigenvalue weighted by molar-refractivity contribution is 5.98. The quantitative estimate of drug-likeness (QED) is 0.741. The van der Waals surface area contributed by atoms with Crippen LogP contribution in [0.15, 0.2) is 16.5 Å². The Labute approximate surface area is 98.5 Å². The molecule has 1 aromatic heterocycles. The molecule has 1 N–H and O–H groups in total. The van der Waals surface area contributed by atoms with Gasteiger partial charge in [-0.15, -0.1) is 0 Å². The van der Waals surface area contributed by atoms with Gasteiger partial charge in [-0.2, -0.15) is 0 Å². The van der Waals surface area contributed by atoms with Gasteiger partial charge in [-0.25, -0.2) is 0 Å². The number of carbonyl (C=O) groups is 2. The van der Waals surface area contributed by atoms with Crippen molar-refractivity contribution in [3.05, 3.63) is 23.7 Å². The van der Waals surface area contributed by atoms with Crippen LogP contribution in [0.5, 0.6) is 0 Å². The molecule has 0 spiro atoms. The zero-order valence-corrected chi connectivity index (χ0v) is 9.56. The van der Waals surface area contributed by atoms with Crippen LogP contribution in [0.25, 0.3) is 0 Å². The lowest BCUT2D eigenvalue weighted by Crippen LogP contribution is -2.45. The smallest absolute Gasteiger partial charge is 0.255 e. The van der Waals surface area contributed by atoms with E-state index in [1.807, 2.05) is 13.1 Å². The van der Waals surface area contributed by atoms with E-state index < -0.39 is 0 Å². The van der Waals surface area contributed by atoms with Crippen LogP contribution in [0.1, 0.15) is 11.5 Å². The number of nitrogens with one attached hydrogen (secondary N) is 1. The summed E-state index contributed by atoms with van der Waals surface area (Å²) in [6, 6.07) is 3.59. The van der Waals surface area contributed by atoms with Gasteiger partial charge in [0.1, 0.15) is 24.7 Å². The van der Waals surface area contributed by atoms with E-state index in [0.717, 1.165) is 10.7 Å². The lowest BCUT2D eigenvalue weighted by molar-refractivity contribution is -0.159. The number of rotatable bonds is 4. The molecule has 2 rings (SSSR count). The topological polar surface area (TPSA) is 71.8 Å². The van der Waals surface area contributed by atoms with Crippen molar-refractivity contribution in [2.45, 2.75) is 13.1 Å². The summed E-state index contributed by atoms with van der Waals surface area (Å²) in [4.78, 5) is 24.1. The summed E-state index contributed by atoms with van der Waals surface area (Å²) in [5.41, 5.74) is 0. The van der Waals surface area contributed by atoms with Crippen LogP contribution in [0.4, 0.5) is 0 Å². The summed E-state index contributed by atoms with van der Waals surface area (Å²) in [6.07, 6.45) is 0. The fourth-order valence-electron chi connectivity index (χ4n) is 1.63. The Morgan fingerprint density at radius 3 is 2.53 bits per heavy atom. The normalized spacial score (nSPS) is 16.6. The Morgan fingerprint density at radius 1 is 1.24 bits per heavy atom. The molecule has 1 aliphatic heterocycles. The SMILES string of the molecule is CNCc1ccc(CN2C(=O)COCC2=O)o1. The van der Waals surface area contributed by atoms with E-state index in [9.17, 15) is 9.59 Å². The van der Waals surface area contributed by atoms with E-state index in [1.165, 1.54) is 0 Å². The van der Waals surface area contributed by atoms with Crippen molar-refractivity contribution in [2.24, 2.45) is 0 Å². The Kier molecular flexibility index (Phi) is 3.55. The first-order valence-corrected chi connectivity index (χ1v) is 5.34. The predicted octanol–water partition coefficient (Wildman–Crippen LogP) is -0.116. The maximum atomic E-state index is 11.5. The van der Waals surface area contributed by atoms with E-state index >= 15 is 0 Å². The number of imide groups is 1. The van der Waals surface area contributed by atoms with Crippen LogP contribution in [0, 0.1) is 0 Å². The molecule has 0 aliphatic carbocycles. The van der Waals surface area contributed by atoms with Crippen molar-refractivity contribution in [2.75, 3.05) is 20.3 Å². The molecule has 1 saturated heterocycles. The van der Waals surface area contributed by atoms with Gasteiger partial charge in [0.25, 0.3) is 11.8 Å². The zero-order chi connectivity index (χ0) is 12.3. The summed E-state index contributed by atoms with van der Waals surface area (Å²) >= 11 is 0. The summed E-state index contributed by atoms with van der Waals surface area (Å²) in [6.45, 7) is 0.696. The monoisotopic (exact) mass is 238 g/mol. The van der Waals surface area contributed by atoms with Gasteiger partial charge in [-0.1, -0.05) is 0 Å². The first kappa shape index (κ1) is 11.8. The highest BCUT2D eigenvalue weighted by Crippen LogP contribution is 2.12. The Balaban J connectivity index is 2.03. The second-order valence-electron chi connectivity index (χ2n) is 3.76. The minimum Gasteiger partial charge on any atom is -0.463 e. The molecule has 6 heteroatoms. The van der Waals surface area contributed by atoms with Crippen LogP contribution in [0.2, 0.25) is 0 Å². The van der Waals surface area contributed by atoms with E-state index in [4.69, 9.17) is 9.15 Å². The Bertz CT molecular complexity index is 411. The molecule has 0 bridgehead atoms. The third kappa shape index (κ3) is 2.72. The molecule has 0 aromatic carbocycles. The summed E-state index contributed by atoms with van der Waals surface area (Å²) in [7, 11) is 1.82. The van der Waals surface area contributed by atoms with Crippen molar-refractivity contribution < 1.29 is 18.7 Å². The molecule has 2 heterocycles. The number of nitrogens with zero attached hydrogens (tertiary/aromatic N) is 1. The third-order valence-corrected chi connectivity index (χ3v) is 2.44. The first-order chi connectivity index (χ1) is 8.20. The second-order valence-corrected chi connectivity index (χ2v) is 3.76. The lowest BCUT2D eigenvalue weighted by Gasteiger charge is -2.23. The van der Waals surface area contributed by atoms with Crippen molar-refractivity contribution in [1.82, 2.24) is 10.2 Å². The Hall–Kier alpha value is -1.66. The molecule has 92 valence electrons. The van der Waals surface area contributed by atoms with Gasteiger partial charge >= 0.3 is 0 Å². The van der Waals surface area contributed by atoms with Gasteiger partial charge in [-0.3, -0.25) is 14.5 Å². The largest absolute Gasteiger partial charge is 0.463 e. The molecule has 0 radical (unpaired) electrons. The van der Waals surface area contributed by atoms with E-state index in [0.29, 0.717) is 12.3 Å². The fraction of sp³-hybridized carbons (Fsp3) is 0.455. The van der Waals surface area contributed by atoms with Crippen molar-refractivity contribution in [1.29, 1.82) is 0 Å². The number of ether oxygens (including phenoxy) is 1.